The van der Waals surface area contributed by atoms with E-state index in [9.17, 15) is 0 Å². The van der Waals surface area contributed by atoms with Crippen molar-refractivity contribution >= 4 is 5.82 Å². The molecule has 0 aliphatic carbocycles. The molecule has 1 aromatic rings. The molecule has 0 radical (unpaired) electrons. The van der Waals surface area contributed by atoms with Crippen LogP contribution < -0.4 is 5.73 Å². The van der Waals surface area contributed by atoms with E-state index in [0.29, 0.717) is 5.82 Å². The van der Waals surface area contributed by atoms with Gasteiger partial charge >= 0.3 is 0 Å². The van der Waals surface area contributed by atoms with Gasteiger partial charge in [-0.15, -0.1) is 0 Å². The quantitative estimate of drug-likeness (QED) is 0.714. The SMILES string of the molecule is Nc1ccc(C2CCCCO2)cn1. The molecule has 1 fully saturated rings. The molecule has 1 aromatic heterocycles. The van der Waals surface area contributed by atoms with Crippen LogP contribution in [0.4, 0.5) is 5.82 Å². The molecule has 2 heterocycles. The van der Waals surface area contributed by atoms with E-state index in [1.54, 1.807) is 0 Å². The third kappa shape index (κ3) is 1.98. The number of nitrogens with zero attached hydrogens (tertiary/aromatic N) is 1. The number of hydrogen-bond acceptors (Lipinski definition) is 3. The molecule has 13 heavy (non-hydrogen) atoms. The molecule has 1 saturated heterocycles. The van der Waals surface area contributed by atoms with Crippen LogP contribution in [0.3, 0.4) is 0 Å². The number of aromatic nitrogens is 1. The van der Waals surface area contributed by atoms with Crippen LogP contribution in [0.2, 0.25) is 0 Å². The summed E-state index contributed by atoms with van der Waals surface area (Å²) in [6, 6.07) is 3.83. The second-order valence-corrected chi connectivity index (χ2v) is 3.37. The summed E-state index contributed by atoms with van der Waals surface area (Å²) in [4.78, 5) is 4.05. The van der Waals surface area contributed by atoms with Gasteiger partial charge in [-0.05, 0) is 30.9 Å². The highest BCUT2D eigenvalue weighted by atomic mass is 16.5. The normalized spacial score (nSPS) is 22.9. The molecule has 1 aliphatic heterocycles. The third-order valence-corrected chi connectivity index (χ3v) is 2.36. The number of pyridine rings is 1. The minimum atomic E-state index is 0.238. The molecule has 3 heteroatoms. The van der Waals surface area contributed by atoms with Crippen molar-refractivity contribution in [3.05, 3.63) is 23.9 Å². The van der Waals surface area contributed by atoms with Crippen molar-refractivity contribution < 1.29 is 4.74 Å². The molecule has 0 saturated carbocycles. The van der Waals surface area contributed by atoms with Gasteiger partial charge < -0.3 is 10.5 Å². The lowest BCUT2D eigenvalue weighted by molar-refractivity contribution is 0.0148. The summed E-state index contributed by atoms with van der Waals surface area (Å²) >= 11 is 0. The molecule has 2 N–H and O–H groups in total. The minimum absolute atomic E-state index is 0.238. The fourth-order valence-electron chi connectivity index (χ4n) is 1.61. The zero-order valence-corrected chi connectivity index (χ0v) is 7.57. The summed E-state index contributed by atoms with van der Waals surface area (Å²) in [6.45, 7) is 0.870. The van der Waals surface area contributed by atoms with Crippen LogP contribution in [0.15, 0.2) is 18.3 Å². The first-order chi connectivity index (χ1) is 6.36. The second kappa shape index (κ2) is 3.75. The van der Waals surface area contributed by atoms with Crippen LogP contribution in [-0.4, -0.2) is 11.6 Å². The van der Waals surface area contributed by atoms with Crippen LogP contribution in [0.1, 0.15) is 30.9 Å². The first-order valence-electron chi connectivity index (χ1n) is 4.69. The van der Waals surface area contributed by atoms with Crippen molar-refractivity contribution in [3.8, 4) is 0 Å². The zero-order chi connectivity index (χ0) is 9.10. The average molecular weight is 178 g/mol. The Morgan fingerprint density at radius 1 is 1.38 bits per heavy atom. The van der Waals surface area contributed by atoms with E-state index in [1.165, 1.54) is 12.8 Å². The first kappa shape index (κ1) is 8.51. The Balaban J connectivity index is 2.10. The zero-order valence-electron chi connectivity index (χ0n) is 7.57. The van der Waals surface area contributed by atoms with Gasteiger partial charge in [0.25, 0.3) is 0 Å². The Hall–Kier alpha value is -1.09. The Kier molecular flexibility index (Phi) is 2.45. The van der Waals surface area contributed by atoms with Gasteiger partial charge in [0.15, 0.2) is 0 Å². The van der Waals surface area contributed by atoms with E-state index in [2.05, 4.69) is 4.98 Å². The smallest absolute Gasteiger partial charge is 0.123 e. The summed E-state index contributed by atoms with van der Waals surface area (Å²) in [5, 5.41) is 0. The molecule has 3 nitrogen and oxygen atoms in total. The Labute approximate surface area is 77.9 Å². The molecule has 1 aliphatic rings. The highest BCUT2D eigenvalue weighted by Gasteiger charge is 2.15. The highest BCUT2D eigenvalue weighted by Crippen LogP contribution is 2.27. The molecule has 70 valence electrons. The standard InChI is InChI=1S/C10H14N2O/c11-10-5-4-8(7-12-10)9-3-1-2-6-13-9/h4-5,7,9H,1-3,6H2,(H2,11,12). The predicted molar refractivity (Wildman–Crippen MR) is 51.2 cm³/mol. The van der Waals surface area contributed by atoms with E-state index >= 15 is 0 Å². The molecular formula is C10H14N2O. The maximum atomic E-state index is 5.62. The van der Waals surface area contributed by atoms with Gasteiger partial charge in [-0.25, -0.2) is 4.98 Å². The highest BCUT2D eigenvalue weighted by molar-refractivity contribution is 5.30. The van der Waals surface area contributed by atoms with Crippen LogP contribution >= 0.6 is 0 Å². The average Bonchev–Trinajstić information content (AvgIpc) is 2.20. The van der Waals surface area contributed by atoms with Gasteiger partial charge in [-0.3, -0.25) is 0 Å². The van der Waals surface area contributed by atoms with Gasteiger partial charge in [0, 0.05) is 12.8 Å². The molecule has 0 bridgehead atoms. The summed E-state index contributed by atoms with van der Waals surface area (Å²) in [7, 11) is 0. The van der Waals surface area contributed by atoms with E-state index in [-0.39, 0.29) is 6.10 Å². The number of rotatable bonds is 1. The van der Waals surface area contributed by atoms with Crippen LogP contribution in [0, 0.1) is 0 Å². The summed E-state index contributed by atoms with van der Waals surface area (Å²) < 4.78 is 5.62. The van der Waals surface area contributed by atoms with Gasteiger partial charge in [-0.2, -0.15) is 0 Å². The van der Waals surface area contributed by atoms with E-state index in [1.807, 2.05) is 18.3 Å². The largest absolute Gasteiger partial charge is 0.384 e. The lowest BCUT2D eigenvalue weighted by Crippen LogP contribution is -2.11. The van der Waals surface area contributed by atoms with E-state index in [4.69, 9.17) is 10.5 Å². The maximum Gasteiger partial charge on any atom is 0.123 e. The van der Waals surface area contributed by atoms with Crippen LogP contribution in [0.5, 0.6) is 0 Å². The van der Waals surface area contributed by atoms with Crippen molar-refractivity contribution in [1.82, 2.24) is 4.98 Å². The number of hydrogen-bond donors (Lipinski definition) is 1. The summed E-state index contributed by atoms with van der Waals surface area (Å²) in [5.74, 6) is 0.569. The first-order valence-corrected chi connectivity index (χ1v) is 4.69. The molecule has 0 aromatic carbocycles. The Bertz CT molecular complexity index is 265. The maximum absolute atomic E-state index is 5.62. The molecule has 1 atom stereocenters. The summed E-state index contributed by atoms with van der Waals surface area (Å²) in [5.41, 5.74) is 6.65. The fourth-order valence-corrected chi connectivity index (χ4v) is 1.61. The lowest BCUT2D eigenvalue weighted by atomic mass is 10.0. The monoisotopic (exact) mass is 178 g/mol. The minimum Gasteiger partial charge on any atom is -0.384 e. The number of anilines is 1. The topological polar surface area (TPSA) is 48.1 Å². The van der Waals surface area contributed by atoms with Crippen molar-refractivity contribution in [2.75, 3.05) is 12.3 Å². The van der Waals surface area contributed by atoms with E-state index < -0.39 is 0 Å². The fraction of sp³-hybridized carbons (Fsp3) is 0.500. The second-order valence-electron chi connectivity index (χ2n) is 3.37. The van der Waals surface area contributed by atoms with Crippen molar-refractivity contribution in [2.24, 2.45) is 0 Å². The predicted octanol–water partition coefficient (Wildman–Crippen LogP) is 1.91. The van der Waals surface area contributed by atoms with Crippen LogP contribution in [0.25, 0.3) is 0 Å². The number of ether oxygens (including phenoxy) is 1. The molecule has 1 unspecified atom stereocenters. The van der Waals surface area contributed by atoms with Crippen LogP contribution in [-0.2, 0) is 4.74 Å². The number of nitrogen functional groups attached to an aromatic ring is 1. The number of nitrogens with two attached hydrogens (primary N) is 1. The summed E-state index contributed by atoms with van der Waals surface area (Å²) in [6.07, 6.45) is 5.58. The Morgan fingerprint density at radius 3 is 2.92 bits per heavy atom. The van der Waals surface area contributed by atoms with Crippen molar-refractivity contribution in [2.45, 2.75) is 25.4 Å². The van der Waals surface area contributed by atoms with Gasteiger partial charge in [-0.1, -0.05) is 6.07 Å². The molecular weight excluding hydrogens is 164 g/mol. The van der Waals surface area contributed by atoms with Gasteiger partial charge in [0.05, 0.1) is 6.10 Å². The van der Waals surface area contributed by atoms with E-state index in [0.717, 1.165) is 18.6 Å². The lowest BCUT2D eigenvalue weighted by Gasteiger charge is -2.22. The third-order valence-electron chi connectivity index (χ3n) is 2.36. The van der Waals surface area contributed by atoms with Gasteiger partial charge in [0.2, 0.25) is 0 Å². The molecule has 0 amide bonds. The molecule has 2 rings (SSSR count). The van der Waals surface area contributed by atoms with Crippen molar-refractivity contribution in [3.63, 3.8) is 0 Å². The van der Waals surface area contributed by atoms with Crippen molar-refractivity contribution in [1.29, 1.82) is 0 Å². The molecule has 0 spiro atoms. The van der Waals surface area contributed by atoms with Gasteiger partial charge in [0.1, 0.15) is 5.82 Å². The Morgan fingerprint density at radius 2 is 2.31 bits per heavy atom.